The average Bonchev–Trinajstić information content (AvgIpc) is 2.96. The first-order valence-electron chi connectivity index (χ1n) is 12.5. The van der Waals surface area contributed by atoms with Crippen LogP contribution in [-0.2, 0) is 16.1 Å². The van der Waals surface area contributed by atoms with E-state index in [-0.39, 0.29) is 24.6 Å². The van der Waals surface area contributed by atoms with Gasteiger partial charge in [0.15, 0.2) is 5.78 Å². The molecular formula is C30H29N5O4. The highest BCUT2D eigenvalue weighted by Gasteiger charge is 2.29. The van der Waals surface area contributed by atoms with Crippen LogP contribution >= 0.6 is 0 Å². The van der Waals surface area contributed by atoms with Crippen molar-refractivity contribution in [3.63, 3.8) is 0 Å². The second-order valence-corrected chi connectivity index (χ2v) is 9.05. The Labute approximate surface area is 225 Å². The summed E-state index contributed by atoms with van der Waals surface area (Å²) >= 11 is 0. The van der Waals surface area contributed by atoms with Crippen molar-refractivity contribution in [2.24, 2.45) is 0 Å². The molecule has 0 radical (unpaired) electrons. The highest BCUT2D eigenvalue weighted by molar-refractivity contribution is 6.00. The number of amides is 2. The minimum Gasteiger partial charge on any atom is -0.393 e. The molecule has 4 N–H and O–H groups in total. The molecule has 9 nitrogen and oxygen atoms in total. The fourth-order valence-electron chi connectivity index (χ4n) is 4.33. The maximum atomic E-state index is 13.3. The monoisotopic (exact) mass is 523 g/mol. The molecule has 2 unspecified atom stereocenters. The highest BCUT2D eigenvalue weighted by atomic mass is 16.2. The van der Waals surface area contributed by atoms with Gasteiger partial charge in [0.05, 0.1) is 18.7 Å². The Kier molecular flexibility index (Phi) is 8.63. The fraction of sp³-hybridized carbons (Fsp3) is 0.167. The molecule has 4 rings (SSSR count). The zero-order chi connectivity index (χ0) is 27.8. The number of Topliss-reactive ketones (excluding diaryl/α,β-unsaturated/α-hetero) is 1. The van der Waals surface area contributed by atoms with E-state index >= 15 is 0 Å². The summed E-state index contributed by atoms with van der Waals surface area (Å²) in [5, 5.41) is 5.55. The summed E-state index contributed by atoms with van der Waals surface area (Å²) in [7, 11) is 0. The smallest absolute Gasteiger partial charge is 0.277 e. The summed E-state index contributed by atoms with van der Waals surface area (Å²) in [6, 6.07) is 26.0. The summed E-state index contributed by atoms with van der Waals surface area (Å²) in [6.45, 7) is 1.17. The molecule has 39 heavy (non-hydrogen) atoms. The fourth-order valence-corrected chi connectivity index (χ4v) is 4.33. The number of nitrogens with one attached hydrogen (secondary N) is 2. The Morgan fingerprint density at radius 3 is 2.13 bits per heavy atom. The van der Waals surface area contributed by atoms with E-state index in [4.69, 9.17) is 5.73 Å². The molecule has 198 valence electrons. The molecule has 1 heterocycles. The van der Waals surface area contributed by atoms with Crippen LogP contribution < -0.4 is 21.9 Å². The zero-order valence-corrected chi connectivity index (χ0v) is 21.4. The van der Waals surface area contributed by atoms with Crippen LogP contribution in [0.3, 0.4) is 0 Å². The number of nitrogens with zero attached hydrogens (tertiary/aromatic N) is 2. The van der Waals surface area contributed by atoms with Gasteiger partial charge in [-0.1, -0.05) is 91.0 Å². The van der Waals surface area contributed by atoms with Gasteiger partial charge < -0.3 is 16.4 Å². The molecule has 0 spiro atoms. The minimum atomic E-state index is -0.789. The van der Waals surface area contributed by atoms with E-state index in [1.165, 1.54) is 10.8 Å². The highest BCUT2D eigenvalue weighted by Crippen LogP contribution is 2.21. The van der Waals surface area contributed by atoms with Crippen LogP contribution in [0.15, 0.2) is 102 Å². The van der Waals surface area contributed by atoms with Gasteiger partial charge in [-0.25, -0.2) is 4.98 Å². The van der Waals surface area contributed by atoms with Gasteiger partial charge in [0.1, 0.15) is 18.1 Å². The first-order chi connectivity index (χ1) is 18.8. The largest absolute Gasteiger partial charge is 0.393 e. The summed E-state index contributed by atoms with van der Waals surface area (Å²) in [4.78, 5) is 56.1. The first kappa shape index (κ1) is 27.0. The second kappa shape index (κ2) is 12.5. The number of benzene rings is 3. The molecule has 0 aliphatic rings. The minimum absolute atomic E-state index is 0.0832. The molecule has 2 amide bonds. The number of carbonyl (C=O) groups excluding carboxylic acids is 3. The van der Waals surface area contributed by atoms with E-state index < -0.39 is 29.3 Å². The Hall–Kier alpha value is -5.05. The van der Waals surface area contributed by atoms with Crippen LogP contribution in [-0.4, -0.2) is 39.7 Å². The lowest BCUT2D eigenvalue weighted by atomic mass is 9.91. The van der Waals surface area contributed by atoms with Gasteiger partial charge in [-0.05, 0) is 12.5 Å². The summed E-state index contributed by atoms with van der Waals surface area (Å²) < 4.78 is 1.21. The second-order valence-electron chi connectivity index (χ2n) is 9.05. The van der Waals surface area contributed by atoms with Crippen molar-refractivity contribution in [2.75, 3.05) is 12.3 Å². The third-order valence-corrected chi connectivity index (χ3v) is 6.26. The molecule has 4 aromatic rings. The van der Waals surface area contributed by atoms with Crippen molar-refractivity contribution in [3.8, 4) is 11.4 Å². The number of hydrogen-bond donors (Lipinski definition) is 3. The molecule has 0 aliphatic heterocycles. The lowest BCUT2D eigenvalue weighted by molar-refractivity contribution is -0.124. The summed E-state index contributed by atoms with van der Waals surface area (Å²) in [5.41, 5.74) is 6.99. The zero-order valence-electron chi connectivity index (χ0n) is 21.4. The number of ketones is 1. The predicted octanol–water partition coefficient (Wildman–Crippen LogP) is 2.78. The van der Waals surface area contributed by atoms with Crippen molar-refractivity contribution >= 4 is 23.3 Å². The maximum absolute atomic E-state index is 13.3. The topological polar surface area (TPSA) is 136 Å². The Balaban J connectivity index is 1.52. The van der Waals surface area contributed by atoms with Crippen molar-refractivity contribution in [2.45, 2.75) is 25.4 Å². The van der Waals surface area contributed by atoms with Gasteiger partial charge in [-0.2, -0.15) is 0 Å². The number of nitrogens with two attached hydrogens (primary N) is 1. The van der Waals surface area contributed by atoms with Gasteiger partial charge in [0.25, 0.3) is 5.56 Å². The number of rotatable bonds is 10. The molecule has 1 aromatic heterocycles. The SMILES string of the molecule is CC(NC(=O)Cn1c(-c2ccccc2)ncc(N)c1=O)C(C(=O)NCC(=O)c1ccccc1)c1ccccc1. The van der Waals surface area contributed by atoms with Gasteiger partial charge in [-0.15, -0.1) is 0 Å². The molecule has 0 saturated carbocycles. The van der Waals surface area contributed by atoms with Gasteiger partial charge in [-0.3, -0.25) is 23.7 Å². The molecule has 0 bridgehead atoms. The van der Waals surface area contributed by atoms with Crippen LogP contribution in [0.25, 0.3) is 11.4 Å². The summed E-state index contributed by atoms with van der Waals surface area (Å²) in [6.07, 6.45) is 1.27. The molecule has 0 fully saturated rings. The molecular weight excluding hydrogens is 494 g/mol. The average molecular weight is 524 g/mol. The van der Waals surface area contributed by atoms with Crippen molar-refractivity contribution in [1.29, 1.82) is 0 Å². The van der Waals surface area contributed by atoms with Crippen LogP contribution in [0, 0.1) is 0 Å². The standard InChI is InChI=1S/C30H29N5O4/c1-20(34-26(37)19-35-28(23-15-9-4-10-16-23)32-17-24(31)30(35)39)27(22-13-7-3-8-14-22)29(38)33-18-25(36)21-11-5-2-6-12-21/h2-17,20,27H,18-19,31H2,1H3,(H,33,38)(H,34,37). The van der Waals surface area contributed by atoms with Crippen molar-refractivity contribution < 1.29 is 14.4 Å². The number of aromatic nitrogens is 2. The van der Waals surface area contributed by atoms with Crippen LogP contribution in [0.4, 0.5) is 5.69 Å². The van der Waals surface area contributed by atoms with E-state index in [9.17, 15) is 19.2 Å². The third kappa shape index (κ3) is 6.64. The normalized spacial score (nSPS) is 12.2. The first-order valence-corrected chi connectivity index (χ1v) is 12.5. The quantitative estimate of drug-likeness (QED) is 0.274. The lowest BCUT2D eigenvalue weighted by Crippen LogP contribution is -2.46. The van der Waals surface area contributed by atoms with Gasteiger partial charge in [0, 0.05) is 17.2 Å². The summed E-state index contributed by atoms with van der Waals surface area (Å²) in [5.74, 6) is -1.62. The molecule has 0 aliphatic carbocycles. The Bertz CT molecular complexity index is 1510. The molecule has 2 atom stereocenters. The van der Waals surface area contributed by atoms with Crippen molar-refractivity contribution in [1.82, 2.24) is 20.2 Å². The number of carbonyl (C=O) groups is 3. The Morgan fingerprint density at radius 2 is 1.49 bits per heavy atom. The van der Waals surface area contributed by atoms with Crippen molar-refractivity contribution in [3.05, 3.63) is 119 Å². The van der Waals surface area contributed by atoms with Gasteiger partial charge >= 0.3 is 0 Å². The van der Waals surface area contributed by atoms with Crippen LogP contribution in [0.5, 0.6) is 0 Å². The third-order valence-electron chi connectivity index (χ3n) is 6.26. The Morgan fingerprint density at radius 1 is 0.897 bits per heavy atom. The number of nitrogen functional groups attached to an aromatic ring is 1. The number of hydrogen-bond acceptors (Lipinski definition) is 6. The lowest BCUT2D eigenvalue weighted by Gasteiger charge is -2.25. The predicted molar refractivity (Wildman–Crippen MR) is 149 cm³/mol. The molecule has 9 heteroatoms. The van der Waals surface area contributed by atoms with E-state index in [1.807, 2.05) is 18.2 Å². The van der Waals surface area contributed by atoms with E-state index in [2.05, 4.69) is 15.6 Å². The van der Waals surface area contributed by atoms with Crippen LogP contribution in [0.1, 0.15) is 28.8 Å². The van der Waals surface area contributed by atoms with E-state index in [0.717, 1.165) is 0 Å². The maximum Gasteiger partial charge on any atom is 0.277 e. The van der Waals surface area contributed by atoms with Gasteiger partial charge in [0.2, 0.25) is 11.8 Å². The molecule has 3 aromatic carbocycles. The molecule has 0 saturated heterocycles. The number of anilines is 1. The van der Waals surface area contributed by atoms with E-state index in [0.29, 0.717) is 22.5 Å². The van der Waals surface area contributed by atoms with E-state index in [1.54, 1.807) is 79.7 Å². The van der Waals surface area contributed by atoms with Crippen LogP contribution in [0.2, 0.25) is 0 Å².